The SMILES string of the molecule is CCCCNC(=O)c1ccccc1NC(=O)CCCN(c1cc(Cl)ccc1C)S(C)(=O)=O. The monoisotopic (exact) mass is 479 g/mol. The molecule has 2 aromatic carbocycles. The van der Waals surface area contributed by atoms with Gasteiger partial charge in [-0.2, -0.15) is 0 Å². The number of nitrogens with zero attached hydrogens (tertiary/aromatic N) is 1. The number of halogens is 1. The van der Waals surface area contributed by atoms with Crippen LogP contribution in [-0.4, -0.2) is 39.6 Å². The van der Waals surface area contributed by atoms with E-state index in [1.807, 2.05) is 6.92 Å². The summed E-state index contributed by atoms with van der Waals surface area (Å²) < 4.78 is 25.9. The van der Waals surface area contributed by atoms with Crippen LogP contribution in [0.25, 0.3) is 0 Å². The average molecular weight is 480 g/mol. The van der Waals surface area contributed by atoms with E-state index in [1.165, 1.54) is 4.31 Å². The lowest BCUT2D eigenvalue weighted by Gasteiger charge is -2.24. The van der Waals surface area contributed by atoms with E-state index >= 15 is 0 Å². The van der Waals surface area contributed by atoms with Crippen LogP contribution >= 0.6 is 11.6 Å². The second-order valence-electron chi connectivity index (χ2n) is 7.57. The van der Waals surface area contributed by atoms with Crippen molar-refractivity contribution in [1.82, 2.24) is 5.32 Å². The van der Waals surface area contributed by atoms with Gasteiger partial charge in [-0.15, -0.1) is 0 Å². The first kappa shape index (κ1) is 25.7. The van der Waals surface area contributed by atoms with Crippen molar-refractivity contribution >= 4 is 44.8 Å². The van der Waals surface area contributed by atoms with Gasteiger partial charge in [-0.3, -0.25) is 13.9 Å². The second kappa shape index (κ2) is 11.9. The number of carbonyl (C=O) groups excluding carboxylic acids is 2. The summed E-state index contributed by atoms with van der Waals surface area (Å²) in [6.45, 7) is 4.55. The molecule has 0 bridgehead atoms. The summed E-state index contributed by atoms with van der Waals surface area (Å²) in [6.07, 6.45) is 3.37. The molecule has 0 aliphatic carbocycles. The molecule has 2 N–H and O–H groups in total. The highest BCUT2D eigenvalue weighted by atomic mass is 35.5. The van der Waals surface area contributed by atoms with Crippen LogP contribution in [0.4, 0.5) is 11.4 Å². The first-order chi connectivity index (χ1) is 15.1. The number of hydrogen-bond donors (Lipinski definition) is 2. The number of hydrogen-bond acceptors (Lipinski definition) is 4. The summed E-state index contributed by atoms with van der Waals surface area (Å²) in [7, 11) is -3.55. The standard InChI is InChI=1S/C23H30ClN3O4S/c1-4-5-14-25-23(29)19-9-6-7-10-20(19)26-22(28)11-8-15-27(32(3,30)31)21-16-18(24)13-12-17(21)2/h6-7,9-10,12-13,16H,4-5,8,11,14-15H2,1-3H3,(H,25,29)(H,26,28). The van der Waals surface area contributed by atoms with E-state index in [9.17, 15) is 18.0 Å². The first-order valence-electron chi connectivity index (χ1n) is 10.5. The number of sulfonamides is 1. The molecular formula is C23H30ClN3O4S. The van der Waals surface area contributed by atoms with Crippen LogP contribution in [-0.2, 0) is 14.8 Å². The minimum Gasteiger partial charge on any atom is -0.352 e. The first-order valence-corrected chi connectivity index (χ1v) is 12.8. The fraction of sp³-hybridized carbons (Fsp3) is 0.391. The number of anilines is 2. The molecule has 0 saturated carbocycles. The Kier molecular flexibility index (Phi) is 9.53. The number of amides is 2. The normalized spacial score (nSPS) is 11.1. The molecule has 0 heterocycles. The van der Waals surface area contributed by atoms with Gasteiger partial charge >= 0.3 is 0 Å². The number of rotatable bonds is 11. The zero-order valence-corrected chi connectivity index (χ0v) is 20.2. The third-order valence-corrected chi connectivity index (χ3v) is 6.28. The fourth-order valence-electron chi connectivity index (χ4n) is 3.18. The van der Waals surface area contributed by atoms with Crippen LogP contribution in [0.15, 0.2) is 42.5 Å². The smallest absolute Gasteiger partial charge is 0.253 e. The van der Waals surface area contributed by atoms with E-state index in [2.05, 4.69) is 10.6 Å². The molecule has 7 nitrogen and oxygen atoms in total. The molecule has 0 atom stereocenters. The van der Waals surface area contributed by atoms with Crippen molar-refractivity contribution in [3.8, 4) is 0 Å². The molecule has 32 heavy (non-hydrogen) atoms. The highest BCUT2D eigenvalue weighted by molar-refractivity contribution is 7.92. The average Bonchev–Trinajstić information content (AvgIpc) is 2.73. The molecule has 0 radical (unpaired) electrons. The molecule has 0 aliphatic heterocycles. The highest BCUT2D eigenvalue weighted by Gasteiger charge is 2.20. The summed E-state index contributed by atoms with van der Waals surface area (Å²) in [5.41, 5.74) is 2.09. The number of unbranched alkanes of at least 4 members (excludes halogenated alkanes) is 1. The van der Waals surface area contributed by atoms with Gasteiger partial charge in [0.1, 0.15) is 0 Å². The second-order valence-corrected chi connectivity index (χ2v) is 9.92. The summed E-state index contributed by atoms with van der Waals surface area (Å²) in [5, 5.41) is 6.04. The summed E-state index contributed by atoms with van der Waals surface area (Å²) in [4.78, 5) is 24.9. The third kappa shape index (κ3) is 7.53. The quantitative estimate of drug-likeness (QED) is 0.468. The zero-order valence-electron chi connectivity index (χ0n) is 18.7. The molecule has 174 valence electrons. The van der Waals surface area contributed by atoms with Crippen LogP contribution in [0.2, 0.25) is 5.02 Å². The lowest BCUT2D eigenvalue weighted by Crippen LogP contribution is -2.32. The van der Waals surface area contributed by atoms with Crippen molar-refractivity contribution in [1.29, 1.82) is 0 Å². The number of aryl methyl sites for hydroxylation is 1. The molecule has 2 aromatic rings. The maximum atomic E-state index is 12.5. The van der Waals surface area contributed by atoms with E-state index in [-0.39, 0.29) is 24.8 Å². The molecule has 0 aliphatic rings. The summed E-state index contributed by atoms with van der Waals surface area (Å²) >= 11 is 6.05. The minimum absolute atomic E-state index is 0.0947. The Morgan fingerprint density at radius 2 is 1.81 bits per heavy atom. The molecule has 2 rings (SSSR count). The van der Waals surface area contributed by atoms with Crippen LogP contribution in [0.1, 0.15) is 48.5 Å². The molecule has 0 unspecified atom stereocenters. The third-order valence-electron chi connectivity index (χ3n) is 4.87. The number of nitrogens with one attached hydrogen (secondary N) is 2. The van der Waals surface area contributed by atoms with Crippen LogP contribution in [0.5, 0.6) is 0 Å². The van der Waals surface area contributed by atoms with Crippen molar-refractivity contribution in [2.75, 3.05) is 29.0 Å². The Labute approximate surface area is 195 Å². The van der Waals surface area contributed by atoms with Gasteiger partial charge in [0.15, 0.2) is 0 Å². The number of carbonyl (C=O) groups is 2. The Hall–Kier alpha value is -2.58. The Morgan fingerprint density at radius 3 is 2.50 bits per heavy atom. The van der Waals surface area contributed by atoms with Crippen molar-refractivity contribution in [2.24, 2.45) is 0 Å². The molecule has 0 spiro atoms. The predicted octanol–water partition coefficient (Wildman–Crippen LogP) is 4.36. The van der Waals surface area contributed by atoms with Gasteiger partial charge in [0, 0.05) is 24.5 Å². The maximum Gasteiger partial charge on any atom is 0.253 e. The zero-order chi connectivity index (χ0) is 23.7. The largest absolute Gasteiger partial charge is 0.352 e. The van der Waals surface area contributed by atoms with Gasteiger partial charge in [0.05, 0.1) is 23.2 Å². The van der Waals surface area contributed by atoms with E-state index in [1.54, 1.807) is 49.4 Å². The molecule has 0 aromatic heterocycles. The fourth-order valence-corrected chi connectivity index (χ4v) is 4.36. The van der Waals surface area contributed by atoms with E-state index in [0.717, 1.165) is 24.7 Å². The van der Waals surface area contributed by atoms with E-state index in [4.69, 9.17) is 11.6 Å². The Balaban J connectivity index is 2.02. The van der Waals surface area contributed by atoms with Gasteiger partial charge in [-0.05, 0) is 49.6 Å². The predicted molar refractivity (Wildman–Crippen MR) is 130 cm³/mol. The van der Waals surface area contributed by atoms with Gasteiger partial charge < -0.3 is 10.6 Å². The van der Waals surface area contributed by atoms with Crippen molar-refractivity contribution < 1.29 is 18.0 Å². The number of para-hydroxylation sites is 1. The van der Waals surface area contributed by atoms with Crippen molar-refractivity contribution in [3.05, 3.63) is 58.6 Å². The summed E-state index contributed by atoms with van der Waals surface area (Å²) in [5.74, 6) is -0.538. The van der Waals surface area contributed by atoms with Gasteiger partial charge in [0.2, 0.25) is 15.9 Å². The highest BCUT2D eigenvalue weighted by Crippen LogP contribution is 2.26. The van der Waals surface area contributed by atoms with E-state index in [0.29, 0.717) is 34.9 Å². The van der Waals surface area contributed by atoms with Gasteiger partial charge in [0.25, 0.3) is 5.91 Å². The molecule has 2 amide bonds. The number of benzene rings is 2. The van der Waals surface area contributed by atoms with Crippen LogP contribution in [0, 0.1) is 6.92 Å². The lowest BCUT2D eigenvalue weighted by atomic mass is 10.1. The van der Waals surface area contributed by atoms with Crippen molar-refractivity contribution in [2.45, 2.75) is 39.5 Å². The Bertz CT molecular complexity index is 1060. The van der Waals surface area contributed by atoms with Crippen molar-refractivity contribution in [3.63, 3.8) is 0 Å². The van der Waals surface area contributed by atoms with Crippen LogP contribution in [0.3, 0.4) is 0 Å². The molecule has 0 saturated heterocycles. The minimum atomic E-state index is -3.55. The van der Waals surface area contributed by atoms with Gasteiger partial charge in [-0.25, -0.2) is 8.42 Å². The topological polar surface area (TPSA) is 95.6 Å². The van der Waals surface area contributed by atoms with E-state index < -0.39 is 10.0 Å². The van der Waals surface area contributed by atoms with Gasteiger partial charge in [-0.1, -0.05) is 43.1 Å². The summed E-state index contributed by atoms with van der Waals surface area (Å²) in [6, 6.07) is 11.9. The molecule has 0 fully saturated rings. The lowest BCUT2D eigenvalue weighted by molar-refractivity contribution is -0.116. The van der Waals surface area contributed by atoms with Crippen LogP contribution < -0.4 is 14.9 Å². The molecule has 9 heteroatoms. The Morgan fingerprint density at radius 1 is 1.09 bits per heavy atom. The molecular weight excluding hydrogens is 450 g/mol. The maximum absolute atomic E-state index is 12.5.